The molecule has 11 heavy (non-hydrogen) atoms. The highest BCUT2D eigenvalue weighted by Gasteiger charge is 2.19. The second-order valence-electron chi connectivity index (χ2n) is 2.51. The largest absolute Gasteiger partial charge is 0.451 e. The Balaban J connectivity index is 2.43. The van der Waals surface area contributed by atoms with Crippen LogP contribution in [-0.4, -0.2) is 6.29 Å². The van der Waals surface area contributed by atoms with E-state index in [4.69, 9.17) is 15.2 Å². The predicted molar refractivity (Wildman–Crippen MR) is 41.6 cm³/mol. The Morgan fingerprint density at radius 3 is 2.82 bits per heavy atom. The molecule has 0 amide bonds. The van der Waals surface area contributed by atoms with Gasteiger partial charge in [0, 0.05) is 18.7 Å². The number of hydrogen-bond acceptors (Lipinski definition) is 3. The van der Waals surface area contributed by atoms with Crippen molar-refractivity contribution < 1.29 is 9.47 Å². The first kappa shape index (κ1) is 6.34. The zero-order valence-electron chi connectivity index (χ0n) is 6.20. The zero-order valence-corrected chi connectivity index (χ0v) is 6.20. The minimum absolute atomic E-state index is 0.188. The molecule has 1 aromatic carbocycles. The molecule has 1 unspecified atom stereocenters. The van der Waals surface area contributed by atoms with Gasteiger partial charge in [0.1, 0.15) is 0 Å². The number of hydrogen-bond donors (Lipinski definition) is 1. The normalized spacial score (nSPS) is 20.3. The average Bonchev–Trinajstić information content (AvgIpc) is 2.27. The van der Waals surface area contributed by atoms with Crippen LogP contribution >= 0.6 is 0 Å². The summed E-state index contributed by atoms with van der Waals surface area (Å²) in [5.41, 5.74) is 6.24. The van der Waals surface area contributed by atoms with Crippen molar-refractivity contribution in [3.63, 3.8) is 0 Å². The van der Waals surface area contributed by atoms with Crippen molar-refractivity contribution in [2.24, 2.45) is 0 Å². The van der Waals surface area contributed by atoms with Gasteiger partial charge in [0.2, 0.25) is 6.29 Å². The molecule has 1 aromatic rings. The van der Waals surface area contributed by atoms with Crippen LogP contribution in [0.25, 0.3) is 0 Å². The summed E-state index contributed by atoms with van der Waals surface area (Å²) in [5.74, 6) is 1.50. The summed E-state index contributed by atoms with van der Waals surface area (Å²) in [6.45, 7) is 1.84. The molecule has 0 saturated carbocycles. The highest BCUT2D eigenvalue weighted by molar-refractivity contribution is 5.53. The monoisotopic (exact) mass is 151 g/mol. The van der Waals surface area contributed by atoms with Crippen LogP contribution in [0.5, 0.6) is 11.5 Å². The number of benzene rings is 1. The molecule has 0 aromatic heterocycles. The third-order valence-electron chi connectivity index (χ3n) is 1.55. The van der Waals surface area contributed by atoms with E-state index < -0.39 is 0 Å². The number of nitrogens with two attached hydrogens (primary N) is 1. The van der Waals surface area contributed by atoms with E-state index in [0.29, 0.717) is 5.69 Å². The Morgan fingerprint density at radius 2 is 2.00 bits per heavy atom. The number of fused-ring (bicyclic) bond motifs is 1. The van der Waals surface area contributed by atoms with Crippen molar-refractivity contribution in [2.75, 3.05) is 5.73 Å². The van der Waals surface area contributed by atoms with Gasteiger partial charge in [0.15, 0.2) is 11.5 Å². The molecule has 2 N–H and O–H groups in total. The van der Waals surface area contributed by atoms with Gasteiger partial charge in [0.05, 0.1) is 0 Å². The van der Waals surface area contributed by atoms with Crippen molar-refractivity contribution in [2.45, 2.75) is 13.2 Å². The fourth-order valence-electron chi connectivity index (χ4n) is 1.10. The van der Waals surface area contributed by atoms with Crippen LogP contribution < -0.4 is 15.2 Å². The first-order valence-electron chi connectivity index (χ1n) is 3.48. The van der Waals surface area contributed by atoms with Crippen molar-refractivity contribution in [1.82, 2.24) is 0 Å². The fourth-order valence-corrected chi connectivity index (χ4v) is 1.10. The van der Waals surface area contributed by atoms with E-state index in [2.05, 4.69) is 0 Å². The molecule has 58 valence electrons. The summed E-state index contributed by atoms with van der Waals surface area (Å²) >= 11 is 0. The molecule has 1 aliphatic heterocycles. The van der Waals surface area contributed by atoms with Crippen LogP contribution in [0, 0.1) is 0 Å². The Hall–Kier alpha value is -1.38. The minimum atomic E-state index is -0.188. The van der Waals surface area contributed by atoms with Crippen LogP contribution in [-0.2, 0) is 0 Å². The molecule has 1 atom stereocenters. The number of ether oxygens (including phenoxy) is 2. The smallest absolute Gasteiger partial charge is 0.238 e. The van der Waals surface area contributed by atoms with Gasteiger partial charge in [-0.1, -0.05) is 0 Å². The fraction of sp³-hybridized carbons (Fsp3) is 0.250. The Kier molecular flexibility index (Phi) is 1.18. The van der Waals surface area contributed by atoms with E-state index in [1.54, 1.807) is 12.1 Å². The Bertz CT molecular complexity index is 285. The summed E-state index contributed by atoms with van der Waals surface area (Å²) in [4.78, 5) is 0. The summed E-state index contributed by atoms with van der Waals surface area (Å²) in [6.07, 6.45) is -0.188. The highest BCUT2D eigenvalue weighted by atomic mass is 16.7. The third-order valence-corrected chi connectivity index (χ3v) is 1.55. The van der Waals surface area contributed by atoms with E-state index in [1.807, 2.05) is 13.0 Å². The van der Waals surface area contributed by atoms with Crippen molar-refractivity contribution >= 4 is 5.69 Å². The summed E-state index contributed by atoms with van der Waals surface area (Å²) in [7, 11) is 0. The van der Waals surface area contributed by atoms with Gasteiger partial charge in [-0.25, -0.2) is 0 Å². The molecule has 1 heterocycles. The lowest BCUT2D eigenvalue weighted by Gasteiger charge is -1.99. The van der Waals surface area contributed by atoms with Gasteiger partial charge in [-0.15, -0.1) is 0 Å². The van der Waals surface area contributed by atoms with Crippen molar-refractivity contribution in [1.29, 1.82) is 0 Å². The first-order chi connectivity index (χ1) is 5.25. The van der Waals surface area contributed by atoms with Gasteiger partial charge in [-0.05, 0) is 12.1 Å². The van der Waals surface area contributed by atoms with Gasteiger partial charge < -0.3 is 15.2 Å². The van der Waals surface area contributed by atoms with E-state index in [0.717, 1.165) is 11.5 Å². The topological polar surface area (TPSA) is 44.5 Å². The lowest BCUT2D eigenvalue weighted by atomic mass is 10.3. The van der Waals surface area contributed by atoms with Crippen LogP contribution in [0.1, 0.15) is 6.92 Å². The lowest BCUT2D eigenvalue weighted by molar-refractivity contribution is 0.0679. The second kappa shape index (κ2) is 2.05. The zero-order chi connectivity index (χ0) is 7.84. The van der Waals surface area contributed by atoms with Crippen LogP contribution in [0.15, 0.2) is 18.2 Å². The molecule has 0 aliphatic carbocycles. The molecule has 3 heteroatoms. The van der Waals surface area contributed by atoms with Gasteiger partial charge in [-0.3, -0.25) is 0 Å². The second-order valence-corrected chi connectivity index (χ2v) is 2.51. The lowest BCUT2D eigenvalue weighted by Crippen LogP contribution is -2.11. The van der Waals surface area contributed by atoms with Crippen molar-refractivity contribution in [3.05, 3.63) is 18.2 Å². The van der Waals surface area contributed by atoms with Gasteiger partial charge >= 0.3 is 0 Å². The third kappa shape index (κ3) is 0.981. The molecule has 0 saturated heterocycles. The average molecular weight is 151 g/mol. The molecule has 0 fully saturated rings. The maximum Gasteiger partial charge on any atom is 0.238 e. The quantitative estimate of drug-likeness (QED) is 0.570. The standard InChI is InChI=1S/C8H9NO2/c1-5-10-7-3-2-6(9)4-8(7)11-5/h2-5H,9H2,1H3. The molecular formula is C8H9NO2. The molecular weight excluding hydrogens is 142 g/mol. The molecule has 2 rings (SSSR count). The molecule has 0 bridgehead atoms. The van der Waals surface area contributed by atoms with Gasteiger partial charge in [-0.2, -0.15) is 0 Å². The molecule has 3 nitrogen and oxygen atoms in total. The van der Waals surface area contributed by atoms with Crippen LogP contribution in [0.2, 0.25) is 0 Å². The van der Waals surface area contributed by atoms with Gasteiger partial charge in [0.25, 0.3) is 0 Å². The summed E-state index contributed by atoms with van der Waals surface area (Å²) in [5, 5.41) is 0. The van der Waals surface area contributed by atoms with E-state index in [1.165, 1.54) is 0 Å². The van der Waals surface area contributed by atoms with E-state index >= 15 is 0 Å². The Labute approximate surface area is 64.7 Å². The predicted octanol–water partition coefficient (Wildman–Crippen LogP) is 1.39. The van der Waals surface area contributed by atoms with Crippen LogP contribution in [0.3, 0.4) is 0 Å². The maximum absolute atomic E-state index is 5.54. The number of nitrogen functional groups attached to an aromatic ring is 1. The molecule has 0 spiro atoms. The molecule has 0 radical (unpaired) electrons. The van der Waals surface area contributed by atoms with E-state index in [-0.39, 0.29) is 6.29 Å². The van der Waals surface area contributed by atoms with E-state index in [9.17, 15) is 0 Å². The highest BCUT2D eigenvalue weighted by Crippen LogP contribution is 2.35. The SMILES string of the molecule is CC1Oc2ccc(N)cc2O1. The maximum atomic E-state index is 5.54. The first-order valence-corrected chi connectivity index (χ1v) is 3.48. The van der Waals surface area contributed by atoms with Crippen LogP contribution in [0.4, 0.5) is 5.69 Å². The summed E-state index contributed by atoms with van der Waals surface area (Å²) < 4.78 is 10.6. The number of rotatable bonds is 0. The Morgan fingerprint density at radius 1 is 1.27 bits per heavy atom. The summed E-state index contributed by atoms with van der Waals surface area (Å²) in [6, 6.07) is 5.37. The number of anilines is 1. The minimum Gasteiger partial charge on any atom is -0.451 e. The van der Waals surface area contributed by atoms with Crippen molar-refractivity contribution in [3.8, 4) is 11.5 Å². The molecule has 1 aliphatic rings.